The number of hydrogen-bond donors (Lipinski definition) is 1. The summed E-state index contributed by atoms with van der Waals surface area (Å²) < 4.78 is 0. The molecule has 4 heteroatoms. The Labute approximate surface area is 100 Å². The molecule has 0 saturated heterocycles. The first-order valence-corrected chi connectivity index (χ1v) is 5.76. The maximum absolute atomic E-state index is 12.0. The molecule has 1 aromatic rings. The Balaban J connectivity index is 2.09. The molecule has 0 unspecified atom stereocenters. The Morgan fingerprint density at radius 1 is 1.56 bits per heavy atom. The predicted molar refractivity (Wildman–Crippen MR) is 65.5 cm³/mol. The van der Waals surface area contributed by atoms with Gasteiger partial charge in [0.1, 0.15) is 0 Å². The molecule has 86 valence electrons. The molecule has 0 radical (unpaired) electrons. The van der Waals surface area contributed by atoms with Gasteiger partial charge in [-0.2, -0.15) is 0 Å². The lowest BCUT2D eigenvalue weighted by Gasteiger charge is -2.17. The van der Waals surface area contributed by atoms with E-state index in [2.05, 4.69) is 0 Å². The third kappa shape index (κ3) is 2.47. The number of nitrogen functional groups attached to an aromatic ring is 1. The van der Waals surface area contributed by atoms with Gasteiger partial charge < -0.3 is 10.6 Å². The number of nitrogens with two attached hydrogens (primary N) is 1. The van der Waals surface area contributed by atoms with Crippen molar-refractivity contribution in [1.29, 1.82) is 0 Å². The molecule has 0 aromatic heterocycles. The van der Waals surface area contributed by atoms with Crippen molar-refractivity contribution in [3.8, 4) is 0 Å². The summed E-state index contributed by atoms with van der Waals surface area (Å²) >= 11 is 5.81. The zero-order chi connectivity index (χ0) is 11.7. The molecule has 0 aliphatic heterocycles. The minimum atomic E-state index is 0.00951. The van der Waals surface area contributed by atoms with E-state index in [1.165, 1.54) is 12.8 Å². The lowest BCUT2D eigenvalue weighted by atomic mass is 10.1. The quantitative estimate of drug-likeness (QED) is 0.822. The van der Waals surface area contributed by atoms with Crippen LogP contribution in [0.2, 0.25) is 5.02 Å². The molecule has 2 rings (SSSR count). The second-order valence-electron chi connectivity index (χ2n) is 4.37. The molecule has 1 aliphatic rings. The zero-order valence-electron chi connectivity index (χ0n) is 9.24. The standard InChI is InChI=1S/C12H15ClN2O/c1-15(7-8-2-3-8)12(16)9-4-5-10(13)11(14)6-9/h4-6,8H,2-3,7,14H2,1H3. The molecule has 0 bridgehead atoms. The van der Waals surface area contributed by atoms with E-state index in [0.29, 0.717) is 22.2 Å². The fourth-order valence-electron chi connectivity index (χ4n) is 1.67. The van der Waals surface area contributed by atoms with Crippen molar-refractivity contribution in [1.82, 2.24) is 4.90 Å². The molecule has 1 fully saturated rings. The maximum Gasteiger partial charge on any atom is 0.253 e. The highest BCUT2D eigenvalue weighted by atomic mass is 35.5. The van der Waals surface area contributed by atoms with Crippen molar-refractivity contribution in [3.63, 3.8) is 0 Å². The molecule has 1 saturated carbocycles. The monoisotopic (exact) mass is 238 g/mol. The molecule has 1 aliphatic carbocycles. The van der Waals surface area contributed by atoms with Gasteiger partial charge >= 0.3 is 0 Å². The number of hydrogen-bond acceptors (Lipinski definition) is 2. The average molecular weight is 239 g/mol. The number of halogens is 1. The van der Waals surface area contributed by atoms with Crippen LogP contribution < -0.4 is 5.73 Å². The van der Waals surface area contributed by atoms with Crippen LogP contribution in [0.3, 0.4) is 0 Å². The van der Waals surface area contributed by atoms with Crippen molar-refractivity contribution in [3.05, 3.63) is 28.8 Å². The van der Waals surface area contributed by atoms with Crippen LogP contribution in [0.25, 0.3) is 0 Å². The summed E-state index contributed by atoms with van der Waals surface area (Å²) in [4.78, 5) is 13.7. The number of anilines is 1. The van der Waals surface area contributed by atoms with E-state index < -0.39 is 0 Å². The maximum atomic E-state index is 12.0. The smallest absolute Gasteiger partial charge is 0.253 e. The number of amides is 1. The van der Waals surface area contributed by atoms with Crippen LogP contribution in [0, 0.1) is 5.92 Å². The highest BCUT2D eigenvalue weighted by Gasteiger charge is 2.25. The fourth-order valence-corrected chi connectivity index (χ4v) is 1.79. The van der Waals surface area contributed by atoms with E-state index in [1.807, 2.05) is 7.05 Å². The SMILES string of the molecule is CN(CC1CC1)C(=O)c1ccc(Cl)c(N)c1. The normalized spacial score (nSPS) is 14.9. The summed E-state index contributed by atoms with van der Waals surface area (Å²) in [7, 11) is 1.82. The first kappa shape index (κ1) is 11.3. The first-order chi connectivity index (χ1) is 7.58. The van der Waals surface area contributed by atoms with Crippen molar-refractivity contribution in [2.24, 2.45) is 5.92 Å². The Morgan fingerprint density at radius 3 is 2.81 bits per heavy atom. The van der Waals surface area contributed by atoms with Gasteiger partial charge in [0, 0.05) is 19.2 Å². The highest BCUT2D eigenvalue weighted by molar-refractivity contribution is 6.33. The van der Waals surface area contributed by atoms with Gasteiger partial charge in [0.05, 0.1) is 10.7 Å². The van der Waals surface area contributed by atoms with Crippen molar-refractivity contribution in [2.75, 3.05) is 19.3 Å². The Bertz CT molecular complexity index is 415. The third-order valence-corrected chi connectivity index (χ3v) is 3.16. The summed E-state index contributed by atoms with van der Waals surface area (Å²) in [5.74, 6) is 0.703. The average Bonchev–Trinajstić information content (AvgIpc) is 3.05. The number of rotatable bonds is 3. The van der Waals surface area contributed by atoms with Crippen LogP contribution in [-0.2, 0) is 0 Å². The molecule has 1 amide bonds. The van der Waals surface area contributed by atoms with Gasteiger partial charge in [-0.1, -0.05) is 11.6 Å². The van der Waals surface area contributed by atoms with Crippen LogP contribution in [0.5, 0.6) is 0 Å². The van der Waals surface area contributed by atoms with Gasteiger partial charge in [0.2, 0.25) is 0 Å². The van der Waals surface area contributed by atoms with Crippen molar-refractivity contribution in [2.45, 2.75) is 12.8 Å². The van der Waals surface area contributed by atoms with Gasteiger partial charge in [-0.25, -0.2) is 0 Å². The third-order valence-electron chi connectivity index (χ3n) is 2.82. The number of benzene rings is 1. The predicted octanol–water partition coefficient (Wildman–Crippen LogP) is 2.40. The summed E-state index contributed by atoms with van der Waals surface area (Å²) in [6, 6.07) is 5.01. The highest BCUT2D eigenvalue weighted by Crippen LogP contribution is 2.30. The van der Waals surface area contributed by atoms with E-state index in [0.717, 1.165) is 6.54 Å². The molecule has 0 heterocycles. The van der Waals surface area contributed by atoms with E-state index in [-0.39, 0.29) is 5.91 Å². The molecular weight excluding hydrogens is 224 g/mol. The number of carbonyl (C=O) groups is 1. The lowest BCUT2D eigenvalue weighted by Crippen LogP contribution is -2.28. The van der Waals surface area contributed by atoms with Crippen LogP contribution in [-0.4, -0.2) is 24.4 Å². The van der Waals surface area contributed by atoms with Crippen LogP contribution in [0.15, 0.2) is 18.2 Å². The minimum Gasteiger partial charge on any atom is -0.398 e. The van der Waals surface area contributed by atoms with Crippen molar-refractivity contribution >= 4 is 23.2 Å². The molecule has 1 aromatic carbocycles. The van der Waals surface area contributed by atoms with Gasteiger partial charge in [-0.3, -0.25) is 4.79 Å². The summed E-state index contributed by atoms with van der Waals surface area (Å²) in [5, 5.41) is 0.487. The second kappa shape index (κ2) is 4.34. The molecule has 0 atom stereocenters. The largest absolute Gasteiger partial charge is 0.398 e. The van der Waals surface area contributed by atoms with Crippen LogP contribution in [0.4, 0.5) is 5.69 Å². The molecule has 2 N–H and O–H groups in total. The van der Waals surface area contributed by atoms with Gasteiger partial charge in [0.25, 0.3) is 5.91 Å². The number of carbonyl (C=O) groups excluding carboxylic acids is 1. The van der Waals surface area contributed by atoms with Crippen LogP contribution >= 0.6 is 11.6 Å². The van der Waals surface area contributed by atoms with E-state index in [1.54, 1.807) is 23.1 Å². The Hall–Kier alpha value is -1.22. The number of nitrogens with zero attached hydrogens (tertiary/aromatic N) is 1. The zero-order valence-corrected chi connectivity index (χ0v) is 10.00. The Morgan fingerprint density at radius 2 is 2.25 bits per heavy atom. The lowest BCUT2D eigenvalue weighted by molar-refractivity contribution is 0.0789. The van der Waals surface area contributed by atoms with Gasteiger partial charge in [-0.15, -0.1) is 0 Å². The molecular formula is C12H15ClN2O. The second-order valence-corrected chi connectivity index (χ2v) is 4.77. The fraction of sp³-hybridized carbons (Fsp3) is 0.417. The summed E-state index contributed by atoms with van der Waals surface area (Å²) in [6.45, 7) is 0.835. The molecule has 0 spiro atoms. The van der Waals surface area contributed by atoms with Gasteiger partial charge in [0.15, 0.2) is 0 Å². The molecule has 3 nitrogen and oxygen atoms in total. The van der Waals surface area contributed by atoms with E-state index in [4.69, 9.17) is 17.3 Å². The minimum absolute atomic E-state index is 0.00951. The van der Waals surface area contributed by atoms with E-state index in [9.17, 15) is 4.79 Å². The van der Waals surface area contributed by atoms with E-state index >= 15 is 0 Å². The first-order valence-electron chi connectivity index (χ1n) is 5.38. The van der Waals surface area contributed by atoms with Gasteiger partial charge in [-0.05, 0) is 37.0 Å². The van der Waals surface area contributed by atoms with Crippen LogP contribution in [0.1, 0.15) is 23.2 Å². The van der Waals surface area contributed by atoms with Crippen molar-refractivity contribution < 1.29 is 4.79 Å². The Kier molecular flexibility index (Phi) is 3.06. The molecule has 16 heavy (non-hydrogen) atoms. The summed E-state index contributed by atoms with van der Waals surface area (Å²) in [5.41, 5.74) is 6.72. The topological polar surface area (TPSA) is 46.3 Å². The summed E-state index contributed by atoms with van der Waals surface area (Å²) in [6.07, 6.45) is 2.47.